The van der Waals surface area contributed by atoms with Crippen LogP contribution in [0.1, 0.15) is 46.4 Å². The van der Waals surface area contributed by atoms with E-state index < -0.39 is 29.2 Å². The van der Waals surface area contributed by atoms with E-state index in [-0.39, 0.29) is 17.8 Å². The standard InChI is InChI=1S/C17H13F6N3O/c18-16(19,20)9-5-10(17(21,22)23)7-11(6-9)25-15-24-8-12-13(26-15)3-1-2-4-14(12)27/h5-8H,1-4H2,(H,24,25,26). The van der Waals surface area contributed by atoms with Crippen molar-refractivity contribution in [1.82, 2.24) is 9.97 Å². The molecule has 2 aromatic rings. The average molecular weight is 389 g/mol. The van der Waals surface area contributed by atoms with Gasteiger partial charge in [0.2, 0.25) is 5.95 Å². The fraction of sp³-hybridized carbons (Fsp3) is 0.353. The Morgan fingerprint density at radius 3 is 2.07 bits per heavy atom. The molecule has 0 saturated heterocycles. The van der Waals surface area contributed by atoms with E-state index in [9.17, 15) is 31.1 Å². The first-order chi connectivity index (χ1) is 12.5. The van der Waals surface area contributed by atoms with Crippen LogP contribution in [0.5, 0.6) is 0 Å². The minimum Gasteiger partial charge on any atom is -0.324 e. The lowest BCUT2D eigenvalue weighted by Crippen LogP contribution is -2.12. The third-order valence-corrected chi connectivity index (χ3v) is 4.08. The number of ketones is 1. The molecular formula is C17H13F6N3O. The molecule has 1 aliphatic carbocycles. The summed E-state index contributed by atoms with van der Waals surface area (Å²) in [5.74, 6) is -0.302. The zero-order valence-corrected chi connectivity index (χ0v) is 13.7. The van der Waals surface area contributed by atoms with Crippen molar-refractivity contribution >= 4 is 17.4 Å². The van der Waals surface area contributed by atoms with E-state index in [1.807, 2.05) is 0 Å². The van der Waals surface area contributed by atoms with Crippen LogP contribution in [0.15, 0.2) is 24.4 Å². The van der Waals surface area contributed by atoms with Crippen molar-refractivity contribution in [3.8, 4) is 0 Å². The van der Waals surface area contributed by atoms with Gasteiger partial charge in [-0.3, -0.25) is 4.79 Å². The molecule has 1 aliphatic rings. The molecule has 0 fully saturated rings. The number of aromatic nitrogens is 2. The SMILES string of the molecule is O=C1CCCCc2nc(Nc3cc(C(F)(F)F)cc(C(F)(F)F)c3)ncc21. The van der Waals surface area contributed by atoms with Crippen LogP contribution < -0.4 is 5.32 Å². The van der Waals surface area contributed by atoms with Gasteiger partial charge in [0.05, 0.1) is 22.4 Å². The van der Waals surface area contributed by atoms with E-state index in [2.05, 4.69) is 15.3 Å². The maximum Gasteiger partial charge on any atom is 0.416 e. The van der Waals surface area contributed by atoms with Gasteiger partial charge >= 0.3 is 12.4 Å². The number of rotatable bonds is 2. The van der Waals surface area contributed by atoms with Crippen molar-refractivity contribution in [2.75, 3.05) is 5.32 Å². The lowest BCUT2D eigenvalue weighted by Gasteiger charge is -2.15. The molecule has 0 aliphatic heterocycles. The Kier molecular flexibility index (Phi) is 4.83. The monoisotopic (exact) mass is 389 g/mol. The molecule has 0 saturated carbocycles. The fourth-order valence-corrected chi connectivity index (χ4v) is 2.77. The van der Waals surface area contributed by atoms with Crippen LogP contribution in [0, 0.1) is 0 Å². The van der Waals surface area contributed by atoms with Gasteiger partial charge in [-0.25, -0.2) is 9.97 Å². The van der Waals surface area contributed by atoms with Crippen molar-refractivity contribution in [2.24, 2.45) is 0 Å². The lowest BCUT2D eigenvalue weighted by atomic mass is 10.1. The summed E-state index contributed by atoms with van der Waals surface area (Å²) in [4.78, 5) is 19.9. The van der Waals surface area contributed by atoms with Crippen LogP contribution in [0.4, 0.5) is 38.0 Å². The quantitative estimate of drug-likeness (QED) is 0.569. The Labute approximate surface area is 149 Å². The van der Waals surface area contributed by atoms with Gasteiger partial charge in [0, 0.05) is 18.3 Å². The molecule has 1 heterocycles. The first-order valence-electron chi connectivity index (χ1n) is 7.99. The summed E-state index contributed by atoms with van der Waals surface area (Å²) in [5.41, 5.74) is -2.57. The number of anilines is 2. The third-order valence-electron chi connectivity index (χ3n) is 4.08. The van der Waals surface area contributed by atoms with Crippen molar-refractivity contribution in [3.05, 3.63) is 46.8 Å². The van der Waals surface area contributed by atoms with E-state index in [0.29, 0.717) is 49.1 Å². The number of halogens is 6. The molecule has 27 heavy (non-hydrogen) atoms. The van der Waals surface area contributed by atoms with Crippen LogP contribution in [-0.4, -0.2) is 15.8 Å². The molecule has 0 amide bonds. The Morgan fingerprint density at radius 2 is 1.48 bits per heavy atom. The lowest BCUT2D eigenvalue weighted by molar-refractivity contribution is -0.143. The van der Waals surface area contributed by atoms with Crippen molar-refractivity contribution in [1.29, 1.82) is 0 Å². The van der Waals surface area contributed by atoms with Crippen molar-refractivity contribution in [2.45, 2.75) is 38.0 Å². The fourth-order valence-electron chi connectivity index (χ4n) is 2.77. The second-order valence-electron chi connectivity index (χ2n) is 6.10. The molecule has 1 N–H and O–H groups in total. The van der Waals surface area contributed by atoms with Gasteiger partial charge < -0.3 is 5.32 Å². The summed E-state index contributed by atoms with van der Waals surface area (Å²) < 4.78 is 77.5. The Balaban J connectivity index is 1.98. The molecule has 1 aromatic heterocycles. The van der Waals surface area contributed by atoms with Crippen LogP contribution >= 0.6 is 0 Å². The number of nitrogens with one attached hydrogen (secondary N) is 1. The predicted molar refractivity (Wildman–Crippen MR) is 83.6 cm³/mol. The average Bonchev–Trinajstić information content (AvgIpc) is 2.74. The highest BCUT2D eigenvalue weighted by Gasteiger charge is 2.37. The van der Waals surface area contributed by atoms with E-state index in [4.69, 9.17) is 0 Å². The van der Waals surface area contributed by atoms with Crippen LogP contribution in [0.2, 0.25) is 0 Å². The minimum absolute atomic E-state index is 0.0434. The number of hydrogen-bond acceptors (Lipinski definition) is 4. The Morgan fingerprint density at radius 1 is 0.889 bits per heavy atom. The molecule has 0 radical (unpaired) electrons. The van der Waals surface area contributed by atoms with Gasteiger partial charge in [0.15, 0.2) is 5.78 Å². The van der Waals surface area contributed by atoms with Gasteiger partial charge in [0.25, 0.3) is 0 Å². The Bertz CT molecular complexity index is 844. The number of alkyl halides is 6. The van der Waals surface area contributed by atoms with Crippen LogP contribution in [0.3, 0.4) is 0 Å². The number of carbonyl (C=O) groups is 1. The minimum atomic E-state index is -4.95. The molecule has 3 rings (SSSR count). The molecule has 144 valence electrons. The first kappa shape index (κ1) is 19.1. The van der Waals surface area contributed by atoms with E-state index in [1.165, 1.54) is 6.20 Å². The number of aryl methyl sites for hydroxylation is 1. The van der Waals surface area contributed by atoms with E-state index >= 15 is 0 Å². The topological polar surface area (TPSA) is 54.9 Å². The number of fused-ring (bicyclic) bond motifs is 1. The van der Waals surface area contributed by atoms with Crippen molar-refractivity contribution in [3.63, 3.8) is 0 Å². The number of Topliss-reactive ketones (excluding diaryl/α,β-unsaturated/α-hetero) is 1. The van der Waals surface area contributed by atoms with E-state index in [1.54, 1.807) is 0 Å². The summed E-state index contributed by atoms with van der Waals surface area (Å²) in [6.45, 7) is 0. The zero-order valence-electron chi connectivity index (χ0n) is 13.7. The highest BCUT2D eigenvalue weighted by atomic mass is 19.4. The van der Waals surface area contributed by atoms with Gasteiger partial charge in [-0.1, -0.05) is 0 Å². The highest BCUT2D eigenvalue weighted by Crippen LogP contribution is 2.38. The molecule has 0 atom stereocenters. The Hall–Kier alpha value is -2.65. The second kappa shape index (κ2) is 6.82. The van der Waals surface area contributed by atoms with Gasteiger partial charge in [0.1, 0.15) is 0 Å². The maximum absolute atomic E-state index is 12.9. The zero-order chi connectivity index (χ0) is 19.8. The molecular weight excluding hydrogens is 376 g/mol. The molecule has 4 nitrogen and oxygen atoms in total. The number of benzene rings is 1. The highest BCUT2D eigenvalue weighted by molar-refractivity contribution is 5.97. The number of hydrogen-bond donors (Lipinski definition) is 1. The van der Waals surface area contributed by atoms with Crippen LogP contribution in [-0.2, 0) is 18.8 Å². The van der Waals surface area contributed by atoms with Crippen molar-refractivity contribution < 1.29 is 31.1 Å². The molecule has 0 bridgehead atoms. The second-order valence-corrected chi connectivity index (χ2v) is 6.10. The molecule has 1 aromatic carbocycles. The van der Waals surface area contributed by atoms with Gasteiger partial charge in [-0.15, -0.1) is 0 Å². The predicted octanol–water partition coefficient (Wildman–Crippen LogP) is 5.17. The smallest absolute Gasteiger partial charge is 0.324 e. The van der Waals surface area contributed by atoms with Crippen LogP contribution in [0.25, 0.3) is 0 Å². The van der Waals surface area contributed by atoms with Gasteiger partial charge in [-0.05, 0) is 37.5 Å². The summed E-state index contributed by atoms with van der Waals surface area (Å²) in [7, 11) is 0. The summed E-state index contributed by atoms with van der Waals surface area (Å²) >= 11 is 0. The first-order valence-corrected chi connectivity index (χ1v) is 7.99. The van der Waals surface area contributed by atoms with E-state index in [0.717, 1.165) is 0 Å². The largest absolute Gasteiger partial charge is 0.416 e. The normalized spacial score (nSPS) is 15.3. The maximum atomic E-state index is 12.9. The summed E-state index contributed by atoms with van der Waals surface area (Å²) in [5, 5.41) is 2.38. The summed E-state index contributed by atoms with van der Waals surface area (Å²) in [6, 6.07) is 1.15. The number of carbonyl (C=O) groups excluding carboxylic acids is 1. The number of nitrogens with zero attached hydrogens (tertiary/aromatic N) is 2. The molecule has 0 spiro atoms. The third kappa shape index (κ3) is 4.37. The molecule has 0 unspecified atom stereocenters. The summed E-state index contributed by atoms with van der Waals surface area (Å²) in [6.07, 6.45) is -6.42. The van der Waals surface area contributed by atoms with Gasteiger partial charge in [-0.2, -0.15) is 26.3 Å². The molecule has 10 heteroatoms.